The minimum atomic E-state index is -0.595. The molecule has 0 spiro atoms. The van der Waals surface area contributed by atoms with Crippen molar-refractivity contribution in [3.8, 4) is 11.5 Å². The number of ether oxygens (including phenoxy) is 1. The number of anilines is 1. The Morgan fingerprint density at radius 1 is 1.22 bits per heavy atom. The first-order valence-electron chi connectivity index (χ1n) is 9.29. The van der Waals surface area contributed by atoms with Crippen molar-refractivity contribution < 1.29 is 14.3 Å². The van der Waals surface area contributed by atoms with Crippen molar-refractivity contribution in [3.05, 3.63) is 23.3 Å². The molecular formula is C18H24ClN5O3. The number of rotatable bonds is 4. The molecule has 2 aliphatic heterocycles. The van der Waals surface area contributed by atoms with Crippen LogP contribution in [-0.2, 0) is 4.74 Å². The number of aromatic nitrogens is 3. The lowest BCUT2D eigenvalue weighted by molar-refractivity contribution is -0.0136. The van der Waals surface area contributed by atoms with Crippen molar-refractivity contribution in [1.29, 1.82) is 0 Å². The molecule has 4 rings (SSSR count). The Morgan fingerprint density at radius 3 is 2.81 bits per heavy atom. The molecule has 9 heteroatoms. The van der Waals surface area contributed by atoms with E-state index in [1.807, 2.05) is 0 Å². The molecule has 0 unspecified atom stereocenters. The summed E-state index contributed by atoms with van der Waals surface area (Å²) in [5.74, 6) is 2.00. The van der Waals surface area contributed by atoms with Crippen LogP contribution in [0.1, 0.15) is 31.1 Å². The van der Waals surface area contributed by atoms with E-state index in [9.17, 15) is 5.11 Å². The zero-order valence-electron chi connectivity index (χ0n) is 15.3. The number of hydrogen-bond donors (Lipinski definition) is 2. The minimum Gasteiger partial charge on any atom is -0.439 e. The van der Waals surface area contributed by atoms with Gasteiger partial charge in [-0.15, -0.1) is 0 Å². The van der Waals surface area contributed by atoms with Crippen LogP contribution in [0.5, 0.6) is 0 Å². The normalized spacial score (nSPS) is 24.9. The maximum atomic E-state index is 10.0. The lowest BCUT2D eigenvalue weighted by atomic mass is 9.97. The molecule has 2 aromatic rings. The second-order valence-corrected chi connectivity index (χ2v) is 7.62. The lowest BCUT2D eigenvalue weighted by Crippen LogP contribution is -2.42. The molecule has 146 valence electrons. The van der Waals surface area contributed by atoms with E-state index in [4.69, 9.17) is 20.8 Å². The summed E-state index contributed by atoms with van der Waals surface area (Å²) in [6.07, 6.45) is 5.36. The first-order valence-corrected chi connectivity index (χ1v) is 9.67. The Balaban J connectivity index is 1.51. The molecule has 0 amide bonds. The number of nitrogens with one attached hydrogen (secondary N) is 1. The molecule has 2 aromatic heterocycles. The standard InChI is InChI=1S/C18H24ClN5O3/c1-24-5-2-11(3-6-24)17-20-9-15(27-17)16-12(19)8-21-18(23-16)22-13-4-7-26-10-14(13)25/h8-9,11,13-14,25H,2-7,10H2,1H3,(H,21,22,23)/t13-,14-/m1/s1. The Hall–Kier alpha value is -1.74. The first-order chi connectivity index (χ1) is 13.1. The number of aliphatic hydroxyl groups excluding tert-OH is 1. The van der Waals surface area contributed by atoms with Crippen LogP contribution in [0.15, 0.2) is 16.8 Å². The van der Waals surface area contributed by atoms with Crippen LogP contribution in [0.2, 0.25) is 5.02 Å². The van der Waals surface area contributed by atoms with Gasteiger partial charge in [-0.25, -0.2) is 15.0 Å². The summed E-state index contributed by atoms with van der Waals surface area (Å²) in [6, 6.07) is -0.155. The molecule has 2 saturated heterocycles. The number of piperidine rings is 1. The molecule has 2 atom stereocenters. The molecule has 0 radical (unpaired) electrons. The van der Waals surface area contributed by atoms with Crippen molar-refractivity contribution in [1.82, 2.24) is 19.9 Å². The molecule has 27 heavy (non-hydrogen) atoms. The highest BCUT2D eigenvalue weighted by Crippen LogP contribution is 2.32. The maximum Gasteiger partial charge on any atom is 0.223 e. The quantitative estimate of drug-likeness (QED) is 0.815. The van der Waals surface area contributed by atoms with E-state index in [1.165, 1.54) is 6.20 Å². The van der Waals surface area contributed by atoms with Crippen LogP contribution in [0.4, 0.5) is 5.95 Å². The van der Waals surface area contributed by atoms with Gasteiger partial charge < -0.3 is 24.5 Å². The van der Waals surface area contributed by atoms with Crippen LogP contribution >= 0.6 is 11.6 Å². The van der Waals surface area contributed by atoms with Gasteiger partial charge in [-0.1, -0.05) is 11.6 Å². The van der Waals surface area contributed by atoms with E-state index in [2.05, 4.69) is 32.2 Å². The predicted octanol–water partition coefficient (Wildman–Crippen LogP) is 2.16. The highest BCUT2D eigenvalue weighted by atomic mass is 35.5. The SMILES string of the molecule is CN1CCC(c2ncc(-c3nc(N[C@@H]4CCOC[C@H]4O)ncc3Cl)o2)CC1. The Labute approximate surface area is 162 Å². The van der Waals surface area contributed by atoms with Crippen LogP contribution < -0.4 is 5.32 Å². The van der Waals surface area contributed by atoms with Crippen molar-refractivity contribution in [2.24, 2.45) is 0 Å². The maximum absolute atomic E-state index is 10.0. The second kappa shape index (κ2) is 8.10. The topological polar surface area (TPSA) is 96.5 Å². The fourth-order valence-corrected chi connectivity index (χ4v) is 3.69. The van der Waals surface area contributed by atoms with Gasteiger partial charge in [-0.2, -0.15) is 0 Å². The van der Waals surface area contributed by atoms with Gasteiger partial charge in [0, 0.05) is 12.5 Å². The molecule has 0 saturated carbocycles. The van der Waals surface area contributed by atoms with Crippen molar-refractivity contribution in [2.45, 2.75) is 37.3 Å². The number of oxazole rings is 1. The van der Waals surface area contributed by atoms with Gasteiger partial charge >= 0.3 is 0 Å². The van der Waals surface area contributed by atoms with Crippen LogP contribution in [-0.4, -0.2) is 70.5 Å². The Morgan fingerprint density at radius 2 is 2.04 bits per heavy atom. The van der Waals surface area contributed by atoms with Gasteiger partial charge in [-0.3, -0.25) is 0 Å². The minimum absolute atomic E-state index is 0.155. The van der Waals surface area contributed by atoms with E-state index in [0.29, 0.717) is 48.0 Å². The average Bonchev–Trinajstić information content (AvgIpc) is 3.15. The third-order valence-electron chi connectivity index (χ3n) is 5.21. The number of likely N-dealkylation sites (tertiary alicyclic amines) is 1. The zero-order valence-corrected chi connectivity index (χ0v) is 16.0. The summed E-state index contributed by atoms with van der Waals surface area (Å²) in [6.45, 7) is 2.98. The second-order valence-electron chi connectivity index (χ2n) is 7.21. The third-order valence-corrected chi connectivity index (χ3v) is 5.49. The van der Waals surface area contributed by atoms with Gasteiger partial charge in [0.05, 0.1) is 36.2 Å². The molecule has 4 heterocycles. The molecule has 0 aliphatic carbocycles. The summed E-state index contributed by atoms with van der Waals surface area (Å²) in [4.78, 5) is 15.5. The lowest BCUT2D eigenvalue weighted by Gasteiger charge is -2.28. The van der Waals surface area contributed by atoms with E-state index >= 15 is 0 Å². The molecule has 0 bridgehead atoms. The highest BCUT2D eigenvalue weighted by Gasteiger charge is 2.26. The first kappa shape index (κ1) is 18.6. The van der Waals surface area contributed by atoms with Crippen molar-refractivity contribution >= 4 is 17.5 Å². The van der Waals surface area contributed by atoms with Gasteiger partial charge in [0.1, 0.15) is 5.69 Å². The number of halogens is 1. The average molecular weight is 394 g/mol. The van der Waals surface area contributed by atoms with E-state index in [0.717, 1.165) is 31.8 Å². The van der Waals surface area contributed by atoms with Crippen molar-refractivity contribution in [3.63, 3.8) is 0 Å². The molecule has 2 fully saturated rings. The summed E-state index contributed by atoms with van der Waals surface area (Å²) in [7, 11) is 2.13. The number of nitrogens with zero attached hydrogens (tertiary/aromatic N) is 4. The summed E-state index contributed by atoms with van der Waals surface area (Å²) in [5, 5.41) is 13.6. The largest absolute Gasteiger partial charge is 0.439 e. The van der Waals surface area contributed by atoms with Crippen LogP contribution in [0.25, 0.3) is 11.5 Å². The van der Waals surface area contributed by atoms with Crippen LogP contribution in [0, 0.1) is 0 Å². The molecular weight excluding hydrogens is 370 g/mol. The van der Waals surface area contributed by atoms with Crippen molar-refractivity contribution in [2.75, 3.05) is 38.7 Å². The van der Waals surface area contributed by atoms with Gasteiger partial charge in [0.25, 0.3) is 0 Å². The van der Waals surface area contributed by atoms with E-state index < -0.39 is 6.10 Å². The fraction of sp³-hybridized carbons (Fsp3) is 0.611. The molecule has 8 nitrogen and oxygen atoms in total. The molecule has 2 N–H and O–H groups in total. The third kappa shape index (κ3) is 4.24. The zero-order chi connectivity index (χ0) is 18.8. The van der Waals surface area contributed by atoms with E-state index in [-0.39, 0.29) is 6.04 Å². The number of aliphatic hydroxyl groups is 1. The Bertz CT molecular complexity index is 778. The number of hydrogen-bond acceptors (Lipinski definition) is 8. The molecule has 0 aromatic carbocycles. The monoisotopic (exact) mass is 393 g/mol. The fourth-order valence-electron chi connectivity index (χ4n) is 3.51. The predicted molar refractivity (Wildman–Crippen MR) is 101 cm³/mol. The van der Waals surface area contributed by atoms with Crippen LogP contribution in [0.3, 0.4) is 0 Å². The highest BCUT2D eigenvalue weighted by molar-refractivity contribution is 6.32. The summed E-state index contributed by atoms with van der Waals surface area (Å²) < 4.78 is 11.2. The van der Waals surface area contributed by atoms with Gasteiger partial charge in [0.15, 0.2) is 11.7 Å². The summed E-state index contributed by atoms with van der Waals surface area (Å²) in [5.41, 5.74) is 0.502. The van der Waals surface area contributed by atoms with Gasteiger partial charge in [0.2, 0.25) is 5.95 Å². The van der Waals surface area contributed by atoms with E-state index in [1.54, 1.807) is 6.20 Å². The molecule has 2 aliphatic rings. The Kier molecular flexibility index (Phi) is 5.58. The smallest absolute Gasteiger partial charge is 0.223 e. The summed E-state index contributed by atoms with van der Waals surface area (Å²) >= 11 is 6.30. The van der Waals surface area contributed by atoms with Gasteiger partial charge in [-0.05, 0) is 39.4 Å².